The molecule has 3 nitrogen and oxygen atoms in total. The molecule has 17 heavy (non-hydrogen) atoms. The van der Waals surface area contributed by atoms with Crippen LogP contribution in [-0.2, 0) is 0 Å². The number of halogens is 2. The standard InChI is InChI=1S/C12H18F2N2O/c1-2-7-16-11(8-15)9-3-5-10(6-4-9)17-12(13)14/h3-6,11-12,16H,2,7-8,15H2,1H3. The number of nitrogens with two attached hydrogens (primary N) is 1. The van der Waals surface area contributed by atoms with Gasteiger partial charge in [0.2, 0.25) is 0 Å². The number of nitrogens with one attached hydrogen (secondary N) is 1. The predicted molar refractivity (Wildman–Crippen MR) is 63.2 cm³/mol. The first-order valence-electron chi connectivity index (χ1n) is 5.65. The molecule has 0 aliphatic rings. The first-order chi connectivity index (χ1) is 8.17. The second kappa shape index (κ2) is 7.19. The van der Waals surface area contributed by atoms with Crippen molar-refractivity contribution in [3.63, 3.8) is 0 Å². The molecular formula is C12H18F2N2O. The molecule has 0 amide bonds. The van der Waals surface area contributed by atoms with Gasteiger partial charge < -0.3 is 15.8 Å². The third kappa shape index (κ3) is 4.66. The van der Waals surface area contributed by atoms with Crippen molar-refractivity contribution in [3.05, 3.63) is 29.8 Å². The van der Waals surface area contributed by atoms with Gasteiger partial charge in [0.15, 0.2) is 0 Å². The predicted octanol–water partition coefficient (Wildman–Crippen LogP) is 2.29. The van der Waals surface area contributed by atoms with Crippen molar-refractivity contribution in [2.24, 2.45) is 5.73 Å². The van der Waals surface area contributed by atoms with E-state index in [0.29, 0.717) is 6.54 Å². The van der Waals surface area contributed by atoms with Gasteiger partial charge in [-0.15, -0.1) is 0 Å². The number of hydrogen-bond donors (Lipinski definition) is 2. The summed E-state index contributed by atoms with van der Waals surface area (Å²) in [7, 11) is 0. The van der Waals surface area contributed by atoms with Crippen LogP contribution in [0.5, 0.6) is 5.75 Å². The summed E-state index contributed by atoms with van der Waals surface area (Å²) < 4.78 is 28.2. The molecule has 0 aliphatic carbocycles. The van der Waals surface area contributed by atoms with Crippen LogP contribution >= 0.6 is 0 Å². The van der Waals surface area contributed by atoms with E-state index in [1.165, 1.54) is 12.1 Å². The fraction of sp³-hybridized carbons (Fsp3) is 0.500. The Morgan fingerprint density at radius 1 is 1.29 bits per heavy atom. The molecule has 0 radical (unpaired) electrons. The van der Waals surface area contributed by atoms with Crippen LogP contribution in [0.15, 0.2) is 24.3 Å². The molecule has 1 rings (SSSR count). The topological polar surface area (TPSA) is 47.3 Å². The Bertz CT molecular complexity index is 317. The highest BCUT2D eigenvalue weighted by Gasteiger charge is 2.09. The van der Waals surface area contributed by atoms with Crippen LogP contribution in [0.4, 0.5) is 8.78 Å². The molecule has 3 N–H and O–H groups in total. The second-order valence-electron chi connectivity index (χ2n) is 3.69. The zero-order chi connectivity index (χ0) is 12.7. The molecule has 0 fully saturated rings. The Kier molecular flexibility index (Phi) is 5.86. The molecule has 0 spiro atoms. The van der Waals surface area contributed by atoms with Crippen LogP contribution in [0.25, 0.3) is 0 Å². The molecule has 0 heterocycles. The maximum atomic E-state index is 12.0. The third-order valence-electron chi connectivity index (χ3n) is 2.38. The van der Waals surface area contributed by atoms with E-state index in [1.54, 1.807) is 12.1 Å². The molecule has 96 valence electrons. The molecule has 0 bridgehead atoms. The first-order valence-corrected chi connectivity index (χ1v) is 5.65. The molecule has 1 aromatic rings. The smallest absolute Gasteiger partial charge is 0.387 e. The zero-order valence-electron chi connectivity index (χ0n) is 9.83. The minimum absolute atomic E-state index is 0.0514. The fourth-order valence-electron chi connectivity index (χ4n) is 1.54. The summed E-state index contributed by atoms with van der Waals surface area (Å²) in [4.78, 5) is 0. The minimum Gasteiger partial charge on any atom is -0.435 e. The average Bonchev–Trinajstić information content (AvgIpc) is 2.31. The van der Waals surface area contributed by atoms with Crippen molar-refractivity contribution < 1.29 is 13.5 Å². The Hall–Kier alpha value is -1.20. The molecule has 1 aromatic carbocycles. The lowest BCUT2D eigenvalue weighted by atomic mass is 10.1. The van der Waals surface area contributed by atoms with Gasteiger partial charge in [0, 0.05) is 12.6 Å². The molecule has 0 aromatic heterocycles. The van der Waals surface area contributed by atoms with Crippen molar-refractivity contribution in [1.29, 1.82) is 0 Å². The van der Waals surface area contributed by atoms with E-state index in [9.17, 15) is 8.78 Å². The Balaban J connectivity index is 2.64. The normalized spacial score (nSPS) is 12.8. The molecule has 0 aliphatic heterocycles. The van der Waals surface area contributed by atoms with E-state index in [4.69, 9.17) is 5.73 Å². The third-order valence-corrected chi connectivity index (χ3v) is 2.38. The van der Waals surface area contributed by atoms with Crippen LogP contribution in [0.2, 0.25) is 0 Å². The summed E-state index contributed by atoms with van der Waals surface area (Å²) >= 11 is 0. The summed E-state index contributed by atoms with van der Waals surface area (Å²) in [6.07, 6.45) is 1.02. The molecule has 1 atom stereocenters. The van der Waals surface area contributed by atoms with Gasteiger partial charge in [0.25, 0.3) is 0 Å². The van der Waals surface area contributed by atoms with Crippen LogP contribution in [-0.4, -0.2) is 19.7 Å². The van der Waals surface area contributed by atoms with Crippen molar-refractivity contribution in [2.75, 3.05) is 13.1 Å². The SMILES string of the molecule is CCCNC(CN)c1ccc(OC(F)F)cc1. The van der Waals surface area contributed by atoms with Crippen molar-refractivity contribution in [1.82, 2.24) is 5.32 Å². The maximum Gasteiger partial charge on any atom is 0.387 e. The van der Waals surface area contributed by atoms with Crippen molar-refractivity contribution in [2.45, 2.75) is 26.0 Å². The molecule has 5 heteroatoms. The van der Waals surface area contributed by atoms with Crippen molar-refractivity contribution >= 4 is 0 Å². The van der Waals surface area contributed by atoms with E-state index >= 15 is 0 Å². The van der Waals surface area contributed by atoms with Gasteiger partial charge in [0.05, 0.1) is 0 Å². The fourth-order valence-corrected chi connectivity index (χ4v) is 1.54. The highest BCUT2D eigenvalue weighted by molar-refractivity contribution is 5.29. The Labute approximate surface area is 100.0 Å². The first kappa shape index (κ1) is 13.9. The van der Waals surface area contributed by atoms with E-state index in [2.05, 4.69) is 17.0 Å². The highest BCUT2D eigenvalue weighted by Crippen LogP contribution is 2.18. The lowest BCUT2D eigenvalue weighted by molar-refractivity contribution is -0.0498. The number of benzene rings is 1. The highest BCUT2D eigenvalue weighted by atomic mass is 19.3. The maximum absolute atomic E-state index is 12.0. The van der Waals surface area contributed by atoms with Crippen LogP contribution in [0.3, 0.4) is 0 Å². The number of alkyl halides is 2. The average molecular weight is 244 g/mol. The van der Waals surface area contributed by atoms with Gasteiger partial charge >= 0.3 is 6.61 Å². The van der Waals surface area contributed by atoms with E-state index < -0.39 is 6.61 Å². The molecule has 0 saturated carbocycles. The summed E-state index contributed by atoms with van der Waals surface area (Å²) in [5.74, 6) is 0.162. The summed E-state index contributed by atoms with van der Waals surface area (Å²) in [5.41, 5.74) is 6.63. The monoisotopic (exact) mass is 244 g/mol. The lowest BCUT2D eigenvalue weighted by Crippen LogP contribution is -2.28. The van der Waals surface area contributed by atoms with Gasteiger partial charge in [0.1, 0.15) is 5.75 Å². The quantitative estimate of drug-likeness (QED) is 0.773. The summed E-state index contributed by atoms with van der Waals surface area (Å²) in [6.45, 7) is 0.621. The van der Waals surface area contributed by atoms with Gasteiger partial charge in [-0.25, -0.2) is 0 Å². The minimum atomic E-state index is -2.79. The van der Waals surface area contributed by atoms with Gasteiger partial charge in [-0.3, -0.25) is 0 Å². The van der Waals surface area contributed by atoms with Crippen molar-refractivity contribution in [3.8, 4) is 5.75 Å². The van der Waals surface area contributed by atoms with Crippen LogP contribution in [0.1, 0.15) is 24.9 Å². The van der Waals surface area contributed by atoms with Gasteiger partial charge in [-0.1, -0.05) is 19.1 Å². The summed E-state index contributed by atoms with van der Waals surface area (Å²) in [5, 5.41) is 3.28. The number of hydrogen-bond acceptors (Lipinski definition) is 3. The number of ether oxygens (including phenoxy) is 1. The van der Waals surface area contributed by atoms with E-state index in [1.807, 2.05) is 0 Å². The molecule has 0 saturated heterocycles. The molecular weight excluding hydrogens is 226 g/mol. The van der Waals surface area contributed by atoms with Crippen LogP contribution in [0, 0.1) is 0 Å². The largest absolute Gasteiger partial charge is 0.435 e. The van der Waals surface area contributed by atoms with Gasteiger partial charge in [-0.05, 0) is 30.7 Å². The van der Waals surface area contributed by atoms with E-state index in [-0.39, 0.29) is 11.8 Å². The second-order valence-corrected chi connectivity index (χ2v) is 3.69. The Morgan fingerprint density at radius 2 is 1.94 bits per heavy atom. The van der Waals surface area contributed by atoms with Gasteiger partial charge in [-0.2, -0.15) is 8.78 Å². The Morgan fingerprint density at radius 3 is 2.41 bits per heavy atom. The van der Waals surface area contributed by atoms with Crippen LogP contribution < -0.4 is 15.8 Å². The summed E-state index contributed by atoms with van der Waals surface area (Å²) in [6, 6.07) is 6.60. The zero-order valence-corrected chi connectivity index (χ0v) is 9.83. The lowest BCUT2D eigenvalue weighted by Gasteiger charge is -2.17. The van der Waals surface area contributed by atoms with E-state index in [0.717, 1.165) is 18.5 Å². The number of rotatable bonds is 7. The molecule has 1 unspecified atom stereocenters.